The van der Waals surface area contributed by atoms with Crippen LogP contribution in [0.1, 0.15) is 5.56 Å². The molecule has 0 bridgehead atoms. The van der Waals surface area contributed by atoms with E-state index >= 15 is 0 Å². The number of alkyl halides is 3. The molecule has 1 aromatic carbocycles. The van der Waals surface area contributed by atoms with Crippen molar-refractivity contribution in [2.75, 3.05) is 23.1 Å². The van der Waals surface area contributed by atoms with Crippen molar-refractivity contribution < 1.29 is 18.0 Å². The van der Waals surface area contributed by atoms with E-state index in [1.165, 1.54) is 23.9 Å². The number of anilines is 2. The van der Waals surface area contributed by atoms with Crippen LogP contribution >= 0.6 is 23.5 Å². The summed E-state index contributed by atoms with van der Waals surface area (Å²) < 4.78 is 37.9. The molecule has 10 heteroatoms. The first-order valence-corrected chi connectivity index (χ1v) is 8.77. The lowest BCUT2D eigenvalue weighted by Crippen LogP contribution is -2.15. The molecule has 1 aromatic heterocycles. The van der Waals surface area contributed by atoms with Gasteiger partial charge in [0.15, 0.2) is 0 Å². The van der Waals surface area contributed by atoms with Crippen LogP contribution in [0, 0.1) is 0 Å². The van der Waals surface area contributed by atoms with Crippen LogP contribution in [0.2, 0.25) is 0 Å². The van der Waals surface area contributed by atoms with E-state index in [0.717, 1.165) is 23.9 Å². The van der Waals surface area contributed by atoms with Gasteiger partial charge in [-0.25, -0.2) is 9.97 Å². The van der Waals surface area contributed by atoms with Crippen molar-refractivity contribution in [3.8, 4) is 0 Å². The van der Waals surface area contributed by atoms with E-state index in [-0.39, 0.29) is 17.4 Å². The average Bonchev–Trinajstić information content (AvgIpc) is 2.52. The smallest absolute Gasteiger partial charge is 0.368 e. The van der Waals surface area contributed by atoms with Crippen molar-refractivity contribution in [2.24, 2.45) is 0 Å². The van der Waals surface area contributed by atoms with Gasteiger partial charge in [-0.1, -0.05) is 17.8 Å². The molecule has 0 saturated carbocycles. The molecule has 0 spiro atoms. The Labute approximate surface area is 144 Å². The maximum absolute atomic E-state index is 12.6. The summed E-state index contributed by atoms with van der Waals surface area (Å²) in [5, 5.41) is 3.62. The van der Waals surface area contributed by atoms with Gasteiger partial charge in [0.1, 0.15) is 10.1 Å². The van der Waals surface area contributed by atoms with Crippen molar-refractivity contribution in [1.82, 2.24) is 9.97 Å². The molecule has 5 nitrogen and oxygen atoms in total. The number of thioether (sulfide) groups is 2. The lowest BCUT2D eigenvalue weighted by atomic mass is 10.2. The van der Waals surface area contributed by atoms with Crippen LogP contribution in [0.4, 0.5) is 24.8 Å². The highest BCUT2D eigenvalue weighted by Crippen LogP contribution is 2.30. The Balaban J connectivity index is 1.98. The summed E-state index contributed by atoms with van der Waals surface area (Å²) in [5.41, 5.74) is 4.83. The second-order valence-corrected chi connectivity index (χ2v) is 6.34. The minimum Gasteiger partial charge on any atom is -0.368 e. The molecule has 0 aliphatic carbocycles. The van der Waals surface area contributed by atoms with Crippen LogP contribution in [0.5, 0.6) is 0 Å². The van der Waals surface area contributed by atoms with E-state index in [1.54, 1.807) is 6.07 Å². The second kappa shape index (κ2) is 7.75. The summed E-state index contributed by atoms with van der Waals surface area (Å²) >= 11 is 2.51. The number of halogens is 3. The summed E-state index contributed by atoms with van der Waals surface area (Å²) in [6.07, 6.45) is -2.63. The fourth-order valence-electron chi connectivity index (χ4n) is 1.71. The Bertz CT molecular complexity index is 740. The molecule has 0 aliphatic heterocycles. The molecule has 2 rings (SSSR count). The molecule has 128 valence electrons. The lowest BCUT2D eigenvalue weighted by molar-refractivity contribution is -0.137. The zero-order valence-electron chi connectivity index (χ0n) is 12.4. The van der Waals surface area contributed by atoms with Crippen LogP contribution in [0.3, 0.4) is 0 Å². The fraction of sp³-hybridized carbons (Fsp3) is 0.214. The van der Waals surface area contributed by atoms with Crippen LogP contribution < -0.4 is 11.1 Å². The number of nitrogen functional groups attached to an aromatic ring is 1. The van der Waals surface area contributed by atoms with Crippen LogP contribution in [0.15, 0.2) is 40.4 Å². The number of nitrogens with zero attached hydrogens (tertiary/aromatic N) is 2. The summed E-state index contributed by atoms with van der Waals surface area (Å²) in [7, 11) is 0. The van der Waals surface area contributed by atoms with E-state index in [9.17, 15) is 18.0 Å². The standard InChI is InChI=1S/C14H13F3N4OS2/c1-23-11-6-12(21-13(18)20-11)24-7-10(22)19-9-4-2-3-8(5-9)14(15,16)17/h2-6H,7H2,1H3,(H,19,22)(H2,18,20,21). The van der Waals surface area contributed by atoms with Crippen molar-refractivity contribution in [3.05, 3.63) is 35.9 Å². The Hall–Kier alpha value is -1.94. The molecule has 0 atom stereocenters. The Kier molecular flexibility index (Phi) is 5.94. The lowest BCUT2D eigenvalue weighted by Gasteiger charge is -2.10. The first-order chi connectivity index (χ1) is 11.3. The number of nitrogens with one attached hydrogen (secondary N) is 1. The van der Waals surface area contributed by atoms with Gasteiger partial charge in [0.05, 0.1) is 11.3 Å². The number of carbonyl (C=O) groups excluding carboxylic acids is 1. The van der Waals surface area contributed by atoms with Gasteiger partial charge in [-0.2, -0.15) is 13.2 Å². The van der Waals surface area contributed by atoms with E-state index in [4.69, 9.17) is 5.73 Å². The first-order valence-electron chi connectivity index (χ1n) is 6.56. The van der Waals surface area contributed by atoms with Gasteiger partial charge in [-0.05, 0) is 24.5 Å². The fourth-order valence-corrected chi connectivity index (χ4v) is 2.90. The van der Waals surface area contributed by atoms with E-state index in [2.05, 4.69) is 15.3 Å². The van der Waals surface area contributed by atoms with Gasteiger partial charge in [-0.15, -0.1) is 11.8 Å². The average molecular weight is 374 g/mol. The monoisotopic (exact) mass is 374 g/mol. The highest BCUT2D eigenvalue weighted by atomic mass is 32.2. The number of hydrogen-bond donors (Lipinski definition) is 2. The minimum atomic E-state index is -4.46. The van der Waals surface area contributed by atoms with Gasteiger partial charge in [0, 0.05) is 11.8 Å². The van der Waals surface area contributed by atoms with Gasteiger partial charge < -0.3 is 11.1 Å². The Morgan fingerprint density at radius 3 is 2.62 bits per heavy atom. The third-order valence-corrected chi connectivity index (χ3v) is 4.27. The number of benzene rings is 1. The highest BCUT2D eigenvalue weighted by Gasteiger charge is 2.30. The molecule has 0 fully saturated rings. The van der Waals surface area contributed by atoms with Crippen molar-refractivity contribution in [1.29, 1.82) is 0 Å². The van der Waals surface area contributed by atoms with Gasteiger partial charge in [-0.3, -0.25) is 4.79 Å². The molecule has 1 amide bonds. The molecule has 0 unspecified atom stereocenters. The zero-order chi connectivity index (χ0) is 17.7. The maximum Gasteiger partial charge on any atom is 0.416 e. The maximum atomic E-state index is 12.6. The summed E-state index contributed by atoms with van der Waals surface area (Å²) in [4.78, 5) is 19.9. The van der Waals surface area contributed by atoms with Gasteiger partial charge in [0.2, 0.25) is 11.9 Å². The Morgan fingerprint density at radius 1 is 1.25 bits per heavy atom. The van der Waals surface area contributed by atoms with Crippen LogP contribution in [-0.4, -0.2) is 27.9 Å². The van der Waals surface area contributed by atoms with E-state index < -0.39 is 17.6 Å². The molecule has 0 radical (unpaired) electrons. The van der Waals surface area contributed by atoms with Crippen LogP contribution in [0.25, 0.3) is 0 Å². The van der Waals surface area contributed by atoms with Crippen LogP contribution in [-0.2, 0) is 11.0 Å². The van der Waals surface area contributed by atoms with Gasteiger partial charge >= 0.3 is 6.18 Å². The predicted molar refractivity (Wildman–Crippen MR) is 89.0 cm³/mol. The predicted octanol–water partition coefficient (Wildman–Crippen LogP) is 3.53. The number of aromatic nitrogens is 2. The molecule has 1 heterocycles. The molecular weight excluding hydrogens is 361 g/mol. The topological polar surface area (TPSA) is 80.9 Å². The SMILES string of the molecule is CSc1cc(SCC(=O)Nc2cccc(C(F)(F)F)c2)nc(N)n1. The van der Waals surface area contributed by atoms with E-state index in [0.29, 0.717) is 10.1 Å². The van der Waals surface area contributed by atoms with Crippen molar-refractivity contribution >= 4 is 41.1 Å². The van der Waals surface area contributed by atoms with Crippen molar-refractivity contribution in [2.45, 2.75) is 16.2 Å². The highest BCUT2D eigenvalue weighted by molar-refractivity contribution is 8.00. The largest absolute Gasteiger partial charge is 0.416 e. The number of hydrogen-bond acceptors (Lipinski definition) is 6. The first kappa shape index (κ1) is 18.4. The summed E-state index contributed by atoms with van der Waals surface area (Å²) in [6, 6.07) is 6.14. The molecule has 0 saturated heterocycles. The van der Waals surface area contributed by atoms with Gasteiger partial charge in [0.25, 0.3) is 0 Å². The number of amides is 1. The minimum absolute atomic E-state index is 0.0134. The molecule has 2 aromatic rings. The molecule has 0 aliphatic rings. The second-order valence-electron chi connectivity index (χ2n) is 4.52. The Morgan fingerprint density at radius 2 is 1.96 bits per heavy atom. The molecular formula is C14H13F3N4OS2. The number of carbonyl (C=O) groups is 1. The third-order valence-electron chi connectivity index (χ3n) is 2.73. The molecule has 24 heavy (non-hydrogen) atoms. The summed E-state index contributed by atoms with van der Waals surface area (Å²) in [5.74, 6) is -0.356. The molecule has 3 N–H and O–H groups in total. The zero-order valence-corrected chi connectivity index (χ0v) is 14.1. The normalized spacial score (nSPS) is 11.3. The van der Waals surface area contributed by atoms with Crippen molar-refractivity contribution in [3.63, 3.8) is 0 Å². The number of rotatable bonds is 5. The quantitative estimate of drug-likeness (QED) is 0.616. The summed E-state index contributed by atoms with van der Waals surface area (Å²) in [6.45, 7) is 0. The number of nitrogens with two attached hydrogens (primary N) is 1. The van der Waals surface area contributed by atoms with E-state index in [1.807, 2.05) is 6.26 Å². The third kappa shape index (κ3) is 5.31.